The summed E-state index contributed by atoms with van der Waals surface area (Å²) in [6.07, 6.45) is 8.62. The highest BCUT2D eigenvalue weighted by Crippen LogP contribution is 2.27. The van der Waals surface area contributed by atoms with E-state index < -0.39 is 5.60 Å². The van der Waals surface area contributed by atoms with Gasteiger partial charge in [0.2, 0.25) is 0 Å². The van der Waals surface area contributed by atoms with Crippen LogP contribution >= 0.6 is 0 Å². The maximum absolute atomic E-state index is 11.9. The lowest BCUT2D eigenvalue weighted by atomic mass is 9.85. The van der Waals surface area contributed by atoms with Gasteiger partial charge < -0.3 is 15.7 Å². The first-order valence-electron chi connectivity index (χ1n) is 8.61. The second kappa shape index (κ2) is 7.99. The topological polar surface area (TPSA) is 64.6 Å². The molecule has 5 heteroatoms. The van der Waals surface area contributed by atoms with E-state index in [-0.39, 0.29) is 6.03 Å². The molecule has 0 aromatic heterocycles. The van der Waals surface area contributed by atoms with Crippen molar-refractivity contribution in [2.75, 3.05) is 26.2 Å². The number of carbonyl (C=O) groups excluding carboxylic acids is 1. The van der Waals surface area contributed by atoms with E-state index in [2.05, 4.69) is 22.5 Å². The lowest BCUT2D eigenvalue weighted by Gasteiger charge is -2.35. The van der Waals surface area contributed by atoms with Gasteiger partial charge in [-0.15, -0.1) is 0 Å². The van der Waals surface area contributed by atoms with Crippen molar-refractivity contribution in [1.82, 2.24) is 15.5 Å². The highest BCUT2D eigenvalue weighted by atomic mass is 16.3. The van der Waals surface area contributed by atoms with Crippen LogP contribution in [-0.2, 0) is 0 Å². The third-order valence-corrected chi connectivity index (χ3v) is 5.02. The Balaban J connectivity index is 1.67. The quantitative estimate of drug-likeness (QED) is 0.726. The Morgan fingerprint density at radius 3 is 2.67 bits per heavy atom. The molecule has 0 aromatic rings. The number of aliphatic hydroxyl groups is 1. The molecule has 2 rings (SSSR count). The molecule has 3 N–H and O–H groups in total. The monoisotopic (exact) mass is 297 g/mol. The molecule has 0 radical (unpaired) electrons. The van der Waals surface area contributed by atoms with Gasteiger partial charge in [0.25, 0.3) is 0 Å². The summed E-state index contributed by atoms with van der Waals surface area (Å²) in [5.74, 6) is 0. The molecule has 2 fully saturated rings. The summed E-state index contributed by atoms with van der Waals surface area (Å²) in [5, 5.41) is 16.2. The Bertz CT molecular complexity index is 329. The number of hydrogen-bond donors (Lipinski definition) is 3. The van der Waals surface area contributed by atoms with E-state index in [0.29, 0.717) is 19.1 Å². The van der Waals surface area contributed by atoms with E-state index in [4.69, 9.17) is 0 Å². The van der Waals surface area contributed by atoms with Gasteiger partial charge in [0.1, 0.15) is 0 Å². The lowest BCUT2D eigenvalue weighted by molar-refractivity contribution is 0.00714. The van der Waals surface area contributed by atoms with Crippen LogP contribution in [-0.4, -0.2) is 53.9 Å². The number of nitrogens with zero attached hydrogens (tertiary/aromatic N) is 1. The third-order valence-electron chi connectivity index (χ3n) is 5.02. The summed E-state index contributed by atoms with van der Waals surface area (Å²) >= 11 is 0. The van der Waals surface area contributed by atoms with Gasteiger partial charge in [-0.05, 0) is 38.8 Å². The molecule has 0 aromatic carbocycles. The van der Waals surface area contributed by atoms with Gasteiger partial charge in [0.05, 0.1) is 5.60 Å². The second-order valence-electron chi connectivity index (χ2n) is 6.63. The molecule has 0 bridgehead atoms. The summed E-state index contributed by atoms with van der Waals surface area (Å²) < 4.78 is 0. The molecule has 1 heterocycles. The van der Waals surface area contributed by atoms with Crippen molar-refractivity contribution in [2.45, 2.75) is 69.9 Å². The van der Waals surface area contributed by atoms with Crippen molar-refractivity contribution in [3.63, 3.8) is 0 Å². The summed E-state index contributed by atoms with van der Waals surface area (Å²) in [7, 11) is 0. The standard InChI is InChI=1S/C16H31N3O2/c1-2-19-11-7-4-8-14(19)12-17-15(20)18-13-16(21)9-5-3-6-10-16/h14,21H,2-13H2,1H3,(H2,17,18,20). The van der Waals surface area contributed by atoms with E-state index in [1.807, 2.05) is 0 Å². The Morgan fingerprint density at radius 1 is 1.19 bits per heavy atom. The van der Waals surface area contributed by atoms with E-state index in [1.165, 1.54) is 19.3 Å². The van der Waals surface area contributed by atoms with E-state index in [0.717, 1.165) is 45.2 Å². The number of urea groups is 1. The maximum atomic E-state index is 11.9. The van der Waals surface area contributed by atoms with Crippen LogP contribution in [0.2, 0.25) is 0 Å². The summed E-state index contributed by atoms with van der Waals surface area (Å²) in [5.41, 5.74) is -0.685. The van der Waals surface area contributed by atoms with Crippen LogP contribution in [0.1, 0.15) is 58.3 Å². The van der Waals surface area contributed by atoms with E-state index in [9.17, 15) is 9.90 Å². The highest BCUT2D eigenvalue weighted by Gasteiger charge is 2.29. The minimum atomic E-state index is -0.685. The Kier molecular flexibility index (Phi) is 6.30. The van der Waals surface area contributed by atoms with Gasteiger partial charge in [0, 0.05) is 19.1 Å². The molecule has 2 amide bonds. The van der Waals surface area contributed by atoms with Crippen molar-refractivity contribution in [1.29, 1.82) is 0 Å². The normalized spacial score (nSPS) is 26.3. The van der Waals surface area contributed by atoms with Crippen molar-refractivity contribution in [2.24, 2.45) is 0 Å². The number of hydrogen-bond acceptors (Lipinski definition) is 3. The van der Waals surface area contributed by atoms with E-state index >= 15 is 0 Å². The zero-order valence-electron chi connectivity index (χ0n) is 13.4. The summed E-state index contributed by atoms with van der Waals surface area (Å²) in [6.45, 7) is 5.45. The molecule has 21 heavy (non-hydrogen) atoms. The smallest absolute Gasteiger partial charge is 0.314 e. The predicted molar refractivity (Wildman–Crippen MR) is 84.3 cm³/mol. The number of nitrogens with one attached hydrogen (secondary N) is 2. The number of likely N-dealkylation sites (N-methyl/N-ethyl adjacent to an activating group) is 1. The fourth-order valence-corrected chi connectivity index (χ4v) is 3.61. The Hall–Kier alpha value is -0.810. The molecule has 122 valence electrons. The van der Waals surface area contributed by atoms with Crippen molar-refractivity contribution < 1.29 is 9.90 Å². The molecule has 1 aliphatic carbocycles. The molecule has 1 aliphatic heterocycles. The van der Waals surface area contributed by atoms with Crippen LogP contribution in [0.5, 0.6) is 0 Å². The summed E-state index contributed by atoms with van der Waals surface area (Å²) in [4.78, 5) is 14.4. The highest BCUT2D eigenvalue weighted by molar-refractivity contribution is 5.73. The third kappa shape index (κ3) is 5.15. The van der Waals surface area contributed by atoms with Crippen molar-refractivity contribution in [3.05, 3.63) is 0 Å². The molecule has 1 unspecified atom stereocenters. The van der Waals surface area contributed by atoms with Gasteiger partial charge in [-0.25, -0.2) is 4.79 Å². The predicted octanol–water partition coefficient (Wildman–Crippen LogP) is 1.86. The Morgan fingerprint density at radius 2 is 1.95 bits per heavy atom. The maximum Gasteiger partial charge on any atom is 0.314 e. The Labute approximate surface area is 128 Å². The molecule has 5 nitrogen and oxygen atoms in total. The number of amides is 2. The molecule has 0 spiro atoms. The van der Waals surface area contributed by atoms with Gasteiger partial charge in [0.15, 0.2) is 0 Å². The van der Waals surface area contributed by atoms with Crippen molar-refractivity contribution in [3.8, 4) is 0 Å². The largest absolute Gasteiger partial charge is 0.388 e. The van der Waals surface area contributed by atoms with Crippen LogP contribution < -0.4 is 10.6 Å². The second-order valence-corrected chi connectivity index (χ2v) is 6.63. The zero-order valence-corrected chi connectivity index (χ0v) is 13.4. The molecule has 2 aliphatic rings. The summed E-state index contributed by atoms with van der Waals surface area (Å²) in [6, 6.07) is 0.322. The minimum absolute atomic E-state index is 0.143. The van der Waals surface area contributed by atoms with Crippen LogP contribution in [0.15, 0.2) is 0 Å². The van der Waals surface area contributed by atoms with Gasteiger partial charge >= 0.3 is 6.03 Å². The van der Waals surface area contributed by atoms with Gasteiger partial charge in [-0.3, -0.25) is 4.90 Å². The van der Waals surface area contributed by atoms with Crippen LogP contribution in [0.25, 0.3) is 0 Å². The number of carbonyl (C=O) groups is 1. The number of likely N-dealkylation sites (tertiary alicyclic amines) is 1. The molecular formula is C16H31N3O2. The molecule has 1 atom stereocenters. The molecular weight excluding hydrogens is 266 g/mol. The first-order chi connectivity index (χ1) is 10.1. The fraction of sp³-hybridized carbons (Fsp3) is 0.938. The number of piperidine rings is 1. The van der Waals surface area contributed by atoms with E-state index in [1.54, 1.807) is 0 Å². The molecule has 1 saturated carbocycles. The average Bonchev–Trinajstić information content (AvgIpc) is 2.52. The average molecular weight is 297 g/mol. The van der Waals surface area contributed by atoms with Gasteiger partial charge in [-0.2, -0.15) is 0 Å². The number of rotatable bonds is 5. The van der Waals surface area contributed by atoms with Crippen LogP contribution in [0.3, 0.4) is 0 Å². The van der Waals surface area contributed by atoms with Crippen molar-refractivity contribution >= 4 is 6.03 Å². The van der Waals surface area contributed by atoms with Crippen LogP contribution in [0, 0.1) is 0 Å². The zero-order chi connectivity index (χ0) is 15.1. The lowest BCUT2D eigenvalue weighted by Crippen LogP contribution is -2.51. The fourth-order valence-electron chi connectivity index (χ4n) is 3.61. The molecule has 1 saturated heterocycles. The first kappa shape index (κ1) is 16.6. The van der Waals surface area contributed by atoms with Gasteiger partial charge in [-0.1, -0.05) is 32.6 Å². The minimum Gasteiger partial charge on any atom is -0.388 e. The SMILES string of the molecule is CCN1CCCCC1CNC(=O)NCC1(O)CCCCC1. The first-order valence-corrected chi connectivity index (χ1v) is 8.61. The van der Waals surface area contributed by atoms with Crippen LogP contribution in [0.4, 0.5) is 4.79 Å².